The molecule has 3 unspecified atom stereocenters. The zero-order chi connectivity index (χ0) is 8.43. The molecule has 0 aromatic rings. The highest BCUT2D eigenvalue weighted by Crippen LogP contribution is 2.51. The van der Waals surface area contributed by atoms with Crippen LogP contribution in [0.3, 0.4) is 0 Å². The van der Waals surface area contributed by atoms with Gasteiger partial charge in [-0.15, -0.1) is 6.58 Å². The molecule has 1 aliphatic carbocycles. The lowest BCUT2D eigenvalue weighted by Crippen LogP contribution is -1.83. The Balaban J connectivity index is 2.24. The van der Waals surface area contributed by atoms with Gasteiger partial charge in [-0.05, 0) is 31.1 Å². The third-order valence-corrected chi connectivity index (χ3v) is 2.97. The van der Waals surface area contributed by atoms with Crippen molar-refractivity contribution >= 4 is 0 Å². The van der Waals surface area contributed by atoms with Crippen molar-refractivity contribution in [1.82, 2.24) is 0 Å². The molecule has 1 saturated carbocycles. The Bertz CT molecular complexity index is 146. The molecule has 0 amide bonds. The van der Waals surface area contributed by atoms with Gasteiger partial charge in [0.1, 0.15) is 0 Å². The summed E-state index contributed by atoms with van der Waals surface area (Å²) < 4.78 is 0. The standard InChI is InChI=1S/C11H20/c1-5-6-10-9(4)11(10)7-8(2)3/h9-11H,2,5-7H2,1,3-4H3. The molecule has 0 heterocycles. The van der Waals surface area contributed by atoms with Crippen molar-refractivity contribution in [2.45, 2.75) is 40.0 Å². The Morgan fingerprint density at radius 3 is 2.45 bits per heavy atom. The van der Waals surface area contributed by atoms with E-state index in [1.165, 1.54) is 24.8 Å². The first-order valence-electron chi connectivity index (χ1n) is 4.81. The lowest BCUT2D eigenvalue weighted by Gasteiger charge is -1.96. The highest BCUT2D eigenvalue weighted by Gasteiger charge is 2.44. The quantitative estimate of drug-likeness (QED) is 0.539. The van der Waals surface area contributed by atoms with Crippen LogP contribution in [0.2, 0.25) is 0 Å². The topological polar surface area (TPSA) is 0 Å². The van der Waals surface area contributed by atoms with Gasteiger partial charge in [0.25, 0.3) is 0 Å². The zero-order valence-corrected chi connectivity index (χ0v) is 8.06. The molecule has 0 radical (unpaired) electrons. The molecule has 0 saturated heterocycles. The van der Waals surface area contributed by atoms with Crippen LogP contribution in [-0.2, 0) is 0 Å². The van der Waals surface area contributed by atoms with Crippen LogP contribution in [0.15, 0.2) is 12.2 Å². The molecule has 3 atom stereocenters. The predicted octanol–water partition coefficient (Wildman–Crippen LogP) is 3.63. The summed E-state index contributed by atoms with van der Waals surface area (Å²) in [5.74, 6) is 2.98. The van der Waals surface area contributed by atoms with Gasteiger partial charge in [-0.2, -0.15) is 0 Å². The minimum absolute atomic E-state index is 0.978. The molecule has 0 nitrogen and oxygen atoms in total. The molecule has 0 heteroatoms. The van der Waals surface area contributed by atoms with Gasteiger partial charge in [0.05, 0.1) is 0 Å². The summed E-state index contributed by atoms with van der Waals surface area (Å²) in [7, 11) is 0. The Labute approximate surface area is 70.7 Å². The van der Waals surface area contributed by atoms with E-state index in [0.717, 1.165) is 17.8 Å². The van der Waals surface area contributed by atoms with Gasteiger partial charge in [0.15, 0.2) is 0 Å². The van der Waals surface area contributed by atoms with Gasteiger partial charge in [-0.25, -0.2) is 0 Å². The number of hydrogen-bond donors (Lipinski definition) is 0. The second kappa shape index (κ2) is 3.42. The van der Waals surface area contributed by atoms with Crippen LogP contribution in [0.5, 0.6) is 0 Å². The summed E-state index contributed by atoms with van der Waals surface area (Å²) in [6, 6.07) is 0. The average molecular weight is 152 g/mol. The van der Waals surface area contributed by atoms with Crippen molar-refractivity contribution in [1.29, 1.82) is 0 Å². The fraction of sp³-hybridized carbons (Fsp3) is 0.818. The van der Waals surface area contributed by atoms with Gasteiger partial charge in [-0.1, -0.05) is 32.3 Å². The van der Waals surface area contributed by atoms with Crippen LogP contribution in [0, 0.1) is 17.8 Å². The van der Waals surface area contributed by atoms with Gasteiger partial charge >= 0.3 is 0 Å². The van der Waals surface area contributed by atoms with Gasteiger partial charge in [-0.3, -0.25) is 0 Å². The molecule has 0 aromatic carbocycles. The largest absolute Gasteiger partial charge is 0.100 e. The summed E-state index contributed by atoms with van der Waals surface area (Å²) in [5, 5.41) is 0. The van der Waals surface area contributed by atoms with E-state index in [0.29, 0.717) is 0 Å². The normalized spacial score (nSPS) is 35.4. The third kappa shape index (κ3) is 2.08. The van der Waals surface area contributed by atoms with E-state index in [1.54, 1.807) is 0 Å². The van der Waals surface area contributed by atoms with Gasteiger partial charge in [0.2, 0.25) is 0 Å². The first-order valence-corrected chi connectivity index (χ1v) is 4.81. The minimum atomic E-state index is 0.978. The van der Waals surface area contributed by atoms with E-state index in [9.17, 15) is 0 Å². The van der Waals surface area contributed by atoms with E-state index < -0.39 is 0 Å². The van der Waals surface area contributed by atoms with Gasteiger partial charge in [0, 0.05) is 0 Å². The minimum Gasteiger partial charge on any atom is -0.100 e. The van der Waals surface area contributed by atoms with Crippen LogP contribution in [-0.4, -0.2) is 0 Å². The highest BCUT2D eigenvalue weighted by molar-refractivity contribution is 5.02. The molecule has 0 spiro atoms. The molecule has 1 aliphatic rings. The maximum absolute atomic E-state index is 3.96. The number of allylic oxidation sites excluding steroid dienone is 1. The SMILES string of the molecule is C=C(C)CC1C(C)C1CCC. The smallest absolute Gasteiger partial charge is 0.0292 e. The Hall–Kier alpha value is -0.260. The van der Waals surface area contributed by atoms with Crippen molar-refractivity contribution in [2.75, 3.05) is 0 Å². The lowest BCUT2D eigenvalue weighted by molar-refractivity contribution is 0.625. The predicted molar refractivity (Wildman–Crippen MR) is 50.5 cm³/mol. The maximum Gasteiger partial charge on any atom is -0.0292 e. The molecule has 1 fully saturated rings. The third-order valence-electron chi connectivity index (χ3n) is 2.97. The van der Waals surface area contributed by atoms with Crippen molar-refractivity contribution < 1.29 is 0 Å². The molecule has 0 aromatic heterocycles. The van der Waals surface area contributed by atoms with Crippen LogP contribution >= 0.6 is 0 Å². The van der Waals surface area contributed by atoms with Crippen molar-refractivity contribution in [3.05, 3.63) is 12.2 Å². The molecule has 0 N–H and O–H groups in total. The van der Waals surface area contributed by atoms with Crippen LogP contribution in [0.25, 0.3) is 0 Å². The maximum atomic E-state index is 3.96. The number of rotatable bonds is 4. The molecule has 0 aliphatic heterocycles. The summed E-state index contributed by atoms with van der Waals surface area (Å²) in [6.07, 6.45) is 4.05. The van der Waals surface area contributed by atoms with Crippen molar-refractivity contribution in [3.8, 4) is 0 Å². The van der Waals surface area contributed by atoms with E-state index >= 15 is 0 Å². The summed E-state index contributed by atoms with van der Waals surface area (Å²) in [6.45, 7) is 10.8. The first kappa shape index (κ1) is 8.83. The Kier molecular flexibility index (Phi) is 2.75. The highest BCUT2D eigenvalue weighted by atomic mass is 14.5. The molecule has 1 rings (SSSR count). The second-order valence-electron chi connectivity index (χ2n) is 4.14. The number of hydrogen-bond acceptors (Lipinski definition) is 0. The van der Waals surface area contributed by atoms with Crippen LogP contribution < -0.4 is 0 Å². The van der Waals surface area contributed by atoms with E-state index in [1.807, 2.05) is 0 Å². The second-order valence-corrected chi connectivity index (χ2v) is 4.14. The van der Waals surface area contributed by atoms with E-state index in [2.05, 4.69) is 27.4 Å². The van der Waals surface area contributed by atoms with Crippen LogP contribution in [0.1, 0.15) is 40.0 Å². The molecule has 64 valence electrons. The lowest BCUT2D eigenvalue weighted by atomic mass is 10.1. The summed E-state index contributed by atoms with van der Waals surface area (Å²) >= 11 is 0. The zero-order valence-electron chi connectivity index (χ0n) is 8.06. The fourth-order valence-electron chi connectivity index (χ4n) is 2.19. The Morgan fingerprint density at radius 2 is 2.00 bits per heavy atom. The molecule has 0 bridgehead atoms. The van der Waals surface area contributed by atoms with E-state index in [4.69, 9.17) is 0 Å². The molecular formula is C11H20. The Morgan fingerprint density at radius 1 is 1.36 bits per heavy atom. The van der Waals surface area contributed by atoms with Crippen molar-refractivity contribution in [3.63, 3.8) is 0 Å². The monoisotopic (exact) mass is 152 g/mol. The first-order chi connectivity index (χ1) is 5.16. The summed E-state index contributed by atoms with van der Waals surface area (Å²) in [5.41, 5.74) is 1.36. The van der Waals surface area contributed by atoms with Crippen LogP contribution in [0.4, 0.5) is 0 Å². The fourth-order valence-corrected chi connectivity index (χ4v) is 2.19. The molecular weight excluding hydrogens is 132 g/mol. The average Bonchev–Trinajstić information content (AvgIpc) is 2.45. The molecule has 11 heavy (non-hydrogen) atoms. The van der Waals surface area contributed by atoms with Crippen molar-refractivity contribution in [2.24, 2.45) is 17.8 Å². The van der Waals surface area contributed by atoms with Gasteiger partial charge < -0.3 is 0 Å². The summed E-state index contributed by atoms with van der Waals surface area (Å²) in [4.78, 5) is 0. The van der Waals surface area contributed by atoms with E-state index in [-0.39, 0.29) is 0 Å².